The Morgan fingerprint density at radius 3 is 2.86 bits per heavy atom. The number of carbonyl (C=O) groups excluding carboxylic acids is 1. The number of carbonyl (C=O) groups is 2. The van der Waals surface area contributed by atoms with Crippen LogP contribution in [0.5, 0.6) is 0 Å². The maximum atomic E-state index is 12.0. The molecule has 2 rings (SSSR count). The first kappa shape index (κ1) is 15.7. The molecule has 7 heteroatoms. The molecule has 1 amide bonds. The van der Waals surface area contributed by atoms with Crippen LogP contribution < -0.4 is 0 Å². The number of rotatable bonds is 7. The Balaban J connectivity index is 1.86. The van der Waals surface area contributed by atoms with Gasteiger partial charge >= 0.3 is 5.97 Å². The molecule has 0 saturated carbocycles. The molecule has 5 nitrogen and oxygen atoms in total. The van der Waals surface area contributed by atoms with E-state index >= 15 is 0 Å². The molecule has 21 heavy (non-hydrogen) atoms. The predicted molar refractivity (Wildman–Crippen MR) is 83.6 cm³/mol. The van der Waals surface area contributed by atoms with Crippen molar-refractivity contribution >= 4 is 34.6 Å². The van der Waals surface area contributed by atoms with Crippen molar-refractivity contribution < 1.29 is 14.7 Å². The van der Waals surface area contributed by atoms with Gasteiger partial charge < -0.3 is 10.0 Å². The van der Waals surface area contributed by atoms with E-state index < -0.39 is 5.97 Å². The molecule has 0 saturated heterocycles. The number of hydrogen-bond acceptors (Lipinski definition) is 5. The molecule has 2 aromatic heterocycles. The summed E-state index contributed by atoms with van der Waals surface area (Å²) in [5, 5.41) is 13.4. The average Bonchev–Trinajstić information content (AvgIpc) is 3.07. The maximum absolute atomic E-state index is 12.0. The quantitative estimate of drug-likeness (QED) is 0.850. The number of thiophene rings is 1. The van der Waals surface area contributed by atoms with E-state index in [0.29, 0.717) is 13.0 Å². The van der Waals surface area contributed by atoms with Crippen LogP contribution in [0, 0.1) is 0 Å². The number of likely N-dealkylation sites (N-methyl/N-ethyl adjacent to an activating group) is 1. The fraction of sp³-hybridized carbons (Fsp3) is 0.357. The highest BCUT2D eigenvalue weighted by Crippen LogP contribution is 2.27. The Bertz CT molecular complexity index is 608. The summed E-state index contributed by atoms with van der Waals surface area (Å²) in [6.07, 6.45) is 0.803. The minimum atomic E-state index is -0.837. The first-order valence-electron chi connectivity index (χ1n) is 6.50. The molecule has 0 spiro atoms. The lowest BCUT2D eigenvalue weighted by Gasteiger charge is -2.15. The molecule has 0 atom stereocenters. The van der Waals surface area contributed by atoms with Crippen LogP contribution >= 0.6 is 22.7 Å². The molecule has 1 N–H and O–H groups in total. The van der Waals surface area contributed by atoms with Crippen molar-refractivity contribution in [3.63, 3.8) is 0 Å². The minimum Gasteiger partial charge on any atom is -0.481 e. The molecule has 0 aliphatic heterocycles. The molecule has 112 valence electrons. The average molecular weight is 324 g/mol. The first-order valence-corrected chi connectivity index (χ1v) is 8.26. The number of nitrogens with zero attached hydrogens (tertiary/aromatic N) is 2. The van der Waals surface area contributed by atoms with Crippen LogP contribution in [0.25, 0.3) is 9.88 Å². The number of aromatic nitrogens is 1. The van der Waals surface area contributed by atoms with Crippen molar-refractivity contribution in [3.8, 4) is 9.88 Å². The van der Waals surface area contributed by atoms with Gasteiger partial charge in [0.1, 0.15) is 5.01 Å². The Kier molecular flexibility index (Phi) is 5.46. The SMILES string of the molecule is CN(CCCC(=O)O)C(=O)Cc1csc(-c2cccs2)n1. The summed E-state index contributed by atoms with van der Waals surface area (Å²) in [5.41, 5.74) is 0.762. The zero-order valence-electron chi connectivity index (χ0n) is 11.6. The summed E-state index contributed by atoms with van der Waals surface area (Å²) < 4.78 is 0. The molecule has 0 unspecified atom stereocenters. The van der Waals surface area contributed by atoms with Gasteiger partial charge in [0.2, 0.25) is 5.91 Å². The van der Waals surface area contributed by atoms with E-state index in [0.717, 1.165) is 15.6 Å². The van der Waals surface area contributed by atoms with Crippen molar-refractivity contribution in [1.29, 1.82) is 0 Å². The molecule has 0 aromatic carbocycles. The summed E-state index contributed by atoms with van der Waals surface area (Å²) >= 11 is 3.16. The van der Waals surface area contributed by atoms with Gasteiger partial charge in [0.05, 0.1) is 17.0 Å². The van der Waals surface area contributed by atoms with Crippen LogP contribution in [0.3, 0.4) is 0 Å². The number of aliphatic carboxylic acids is 1. The molecule has 0 bridgehead atoms. The van der Waals surface area contributed by atoms with Gasteiger partial charge in [-0.2, -0.15) is 0 Å². The highest BCUT2D eigenvalue weighted by atomic mass is 32.1. The molecule has 0 radical (unpaired) electrons. The maximum Gasteiger partial charge on any atom is 0.303 e. The lowest BCUT2D eigenvalue weighted by atomic mass is 10.2. The molecular weight excluding hydrogens is 308 g/mol. The smallest absolute Gasteiger partial charge is 0.303 e. The lowest BCUT2D eigenvalue weighted by molar-refractivity contribution is -0.138. The standard InChI is InChI=1S/C14H16N2O3S2/c1-16(6-2-5-13(18)19)12(17)8-10-9-21-14(15-10)11-4-3-7-20-11/h3-4,7,9H,2,5-6,8H2,1H3,(H,18,19). The molecular formula is C14H16N2O3S2. The van der Waals surface area contributed by atoms with Crippen LogP contribution in [-0.2, 0) is 16.0 Å². The van der Waals surface area contributed by atoms with Gasteiger partial charge in [-0.1, -0.05) is 6.07 Å². The Morgan fingerprint density at radius 2 is 2.19 bits per heavy atom. The summed E-state index contributed by atoms with van der Waals surface area (Å²) in [7, 11) is 1.69. The van der Waals surface area contributed by atoms with E-state index in [1.807, 2.05) is 22.9 Å². The Labute approximate surface area is 130 Å². The van der Waals surface area contributed by atoms with Gasteiger partial charge in [-0.05, 0) is 17.9 Å². The van der Waals surface area contributed by atoms with E-state index in [1.165, 1.54) is 11.3 Å². The fourth-order valence-electron chi connectivity index (χ4n) is 1.78. The largest absolute Gasteiger partial charge is 0.481 e. The highest BCUT2D eigenvalue weighted by molar-refractivity contribution is 7.20. The van der Waals surface area contributed by atoms with Crippen molar-refractivity contribution in [2.45, 2.75) is 19.3 Å². The van der Waals surface area contributed by atoms with Crippen molar-refractivity contribution in [3.05, 3.63) is 28.6 Å². The third-order valence-electron chi connectivity index (χ3n) is 2.93. The second-order valence-corrected chi connectivity index (χ2v) is 6.42. The van der Waals surface area contributed by atoms with Gasteiger partial charge in [-0.3, -0.25) is 9.59 Å². The molecule has 0 fully saturated rings. The number of amides is 1. The first-order chi connectivity index (χ1) is 10.1. The second-order valence-electron chi connectivity index (χ2n) is 4.61. The highest BCUT2D eigenvalue weighted by Gasteiger charge is 2.13. The van der Waals surface area contributed by atoms with E-state index in [-0.39, 0.29) is 18.7 Å². The fourth-order valence-corrected chi connectivity index (χ4v) is 3.42. The lowest BCUT2D eigenvalue weighted by Crippen LogP contribution is -2.29. The number of carboxylic acids is 1. The van der Waals surface area contributed by atoms with Crippen LogP contribution in [0.4, 0.5) is 0 Å². The predicted octanol–water partition coefficient (Wildman–Crippen LogP) is 2.74. The molecule has 2 heterocycles. The zero-order valence-corrected chi connectivity index (χ0v) is 13.2. The number of hydrogen-bond donors (Lipinski definition) is 1. The third-order valence-corrected chi connectivity index (χ3v) is 4.86. The number of carboxylic acid groups (broad SMARTS) is 1. The van der Waals surface area contributed by atoms with Crippen LogP contribution in [0.1, 0.15) is 18.5 Å². The van der Waals surface area contributed by atoms with Gasteiger partial charge in [-0.25, -0.2) is 4.98 Å². The Hall–Kier alpha value is -1.73. The van der Waals surface area contributed by atoms with E-state index in [4.69, 9.17) is 5.11 Å². The minimum absolute atomic E-state index is 0.0385. The van der Waals surface area contributed by atoms with Gasteiger partial charge in [0.15, 0.2) is 0 Å². The number of thiazole rings is 1. The summed E-state index contributed by atoms with van der Waals surface area (Å²) in [5.74, 6) is -0.876. The summed E-state index contributed by atoms with van der Waals surface area (Å²) in [6, 6.07) is 3.98. The monoisotopic (exact) mass is 324 g/mol. The van der Waals surface area contributed by atoms with E-state index in [2.05, 4.69) is 4.98 Å². The molecule has 0 aliphatic carbocycles. The van der Waals surface area contributed by atoms with Crippen LogP contribution in [-0.4, -0.2) is 40.5 Å². The summed E-state index contributed by atoms with van der Waals surface area (Å²) in [6.45, 7) is 0.451. The van der Waals surface area contributed by atoms with Gasteiger partial charge in [0, 0.05) is 25.4 Å². The van der Waals surface area contributed by atoms with Crippen molar-refractivity contribution in [2.75, 3.05) is 13.6 Å². The molecule has 0 aliphatic rings. The third kappa shape index (κ3) is 4.64. The van der Waals surface area contributed by atoms with Crippen molar-refractivity contribution in [1.82, 2.24) is 9.88 Å². The van der Waals surface area contributed by atoms with Gasteiger partial charge in [0.25, 0.3) is 0 Å². The van der Waals surface area contributed by atoms with E-state index in [9.17, 15) is 9.59 Å². The van der Waals surface area contributed by atoms with Crippen LogP contribution in [0.15, 0.2) is 22.9 Å². The summed E-state index contributed by atoms with van der Waals surface area (Å²) in [4.78, 5) is 29.6. The van der Waals surface area contributed by atoms with Gasteiger partial charge in [-0.15, -0.1) is 22.7 Å². The van der Waals surface area contributed by atoms with Crippen LogP contribution in [0.2, 0.25) is 0 Å². The second kappa shape index (κ2) is 7.33. The van der Waals surface area contributed by atoms with Crippen molar-refractivity contribution in [2.24, 2.45) is 0 Å². The Morgan fingerprint density at radius 1 is 1.38 bits per heavy atom. The topological polar surface area (TPSA) is 70.5 Å². The molecule has 2 aromatic rings. The van der Waals surface area contributed by atoms with E-state index in [1.54, 1.807) is 23.3 Å². The zero-order chi connectivity index (χ0) is 15.2. The normalized spacial score (nSPS) is 10.5.